The van der Waals surface area contributed by atoms with Crippen LogP contribution in [0.2, 0.25) is 0 Å². The zero-order valence-corrected chi connectivity index (χ0v) is 11.5. The number of halogens is 2. The highest BCUT2D eigenvalue weighted by molar-refractivity contribution is 5.88. The van der Waals surface area contributed by atoms with Gasteiger partial charge in [-0.3, -0.25) is 0 Å². The molecule has 110 valence electrons. The highest BCUT2D eigenvalue weighted by Gasteiger charge is 2.24. The molecule has 0 heterocycles. The molecule has 0 bridgehead atoms. The summed E-state index contributed by atoms with van der Waals surface area (Å²) in [6.07, 6.45) is 6.45. The first-order chi connectivity index (χ1) is 9.52. The molecule has 0 aliphatic heterocycles. The van der Waals surface area contributed by atoms with Crippen molar-refractivity contribution in [1.82, 2.24) is 0 Å². The monoisotopic (exact) mass is 283 g/mol. The standard InChI is InChI=1S/C15H19F2NO2/c1-18(10-6-4-2-3-5-7-10)12-9-8-11(15(19)20)13(16)14(12)17/h8-10H,2-7H2,1H3,(H,19,20). The summed E-state index contributed by atoms with van der Waals surface area (Å²) in [5.74, 6) is -3.81. The van der Waals surface area contributed by atoms with Crippen molar-refractivity contribution in [1.29, 1.82) is 0 Å². The van der Waals surface area contributed by atoms with E-state index in [-0.39, 0.29) is 11.7 Å². The van der Waals surface area contributed by atoms with Crippen LogP contribution in [0.3, 0.4) is 0 Å². The van der Waals surface area contributed by atoms with E-state index < -0.39 is 23.2 Å². The van der Waals surface area contributed by atoms with E-state index in [1.807, 2.05) is 0 Å². The lowest BCUT2D eigenvalue weighted by molar-refractivity contribution is 0.0690. The van der Waals surface area contributed by atoms with Gasteiger partial charge in [0.25, 0.3) is 0 Å². The van der Waals surface area contributed by atoms with Crippen molar-refractivity contribution in [2.75, 3.05) is 11.9 Å². The van der Waals surface area contributed by atoms with Crippen LogP contribution < -0.4 is 4.90 Å². The SMILES string of the molecule is CN(c1ccc(C(=O)O)c(F)c1F)C1CCCCCC1. The predicted octanol–water partition coefficient (Wildman–Crippen LogP) is 3.82. The third-order valence-corrected chi connectivity index (χ3v) is 4.04. The zero-order valence-electron chi connectivity index (χ0n) is 11.5. The normalized spacial score (nSPS) is 16.8. The molecular formula is C15H19F2NO2. The van der Waals surface area contributed by atoms with Crippen LogP contribution in [-0.2, 0) is 0 Å². The van der Waals surface area contributed by atoms with Gasteiger partial charge in [-0.25, -0.2) is 13.6 Å². The molecule has 2 rings (SSSR count). The molecule has 0 radical (unpaired) electrons. The number of carboxylic acids is 1. The maximum Gasteiger partial charge on any atom is 0.338 e. The Morgan fingerprint density at radius 3 is 2.30 bits per heavy atom. The van der Waals surface area contributed by atoms with Gasteiger partial charge in [0, 0.05) is 13.1 Å². The van der Waals surface area contributed by atoms with Gasteiger partial charge in [0.1, 0.15) is 0 Å². The molecule has 1 fully saturated rings. The van der Waals surface area contributed by atoms with Crippen molar-refractivity contribution in [2.24, 2.45) is 0 Å². The minimum Gasteiger partial charge on any atom is -0.478 e. The molecule has 1 aromatic carbocycles. The number of carbonyl (C=O) groups is 1. The molecule has 0 saturated heterocycles. The summed E-state index contributed by atoms with van der Waals surface area (Å²) in [7, 11) is 1.74. The Morgan fingerprint density at radius 1 is 1.15 bits per heavy atom. The van der Waals surface area contributed by atoms with Crippen LogP contribution in [0.5, 0.6) is 0 Å². The molecule has 0 aromatic heterocycles. The Bertz CT molecular complexity index is 497. The van der Waals surface area contributed by atoms with Gasteiger partial charge < -0.3 is 10.0 Å². The van der Waals surface area contributed by atoms with E-state index in [0.29, 0.717) is 0 Å². The Morgan fingerprint density at radius 2 is 1.75 bits per heavy atom. The lowest BCUT2D eigenvalue weighted by atomic mass is 10.1. The second-order valence-electron chi connectivity index (χ2n) is 5.32. The van der Waals surface area contributed by atoms with Crippen LogP contribution in [-0.4, -0.2) is 24.2 Å². The van der Waals surface area contributed by atoms with Gasteiger partial charge in [-0.15, -0.1) is 0 Å². The molecule has 3 nitrogen and oxygen atoms in total. The van der Waals surface area contributed by atoms with E-state index in [2.05, 4.69) is 0 Å². The third-order valence-electron chi connectivity index (χ3n) is 4.04. The first-order valence-electron chi connectivity index (χ1n) is 6.96. The predicted molar refractivity (Wildman–Crippen MR) is 73.2 cm³/mol. The van der Waals surface area contributed by atoms with Crippen molar-refractivity contribution in [3.63, 3.8) is 0 Å². The fourth-order valence-corrected chi connectivity index (χ4v) is 2.82. The second kappa shape index (κ2) is 6.20. The number of carboxylic acid groups (broad SMARTS) is 1. The Balaban J connectivity index is 2.27. The van der Waals surface area contributed by atoms with Crippen LogP contribution >= 0.6 is 0 Å². The summed E-state index contributed by atoms with van der Waals surface area (Å²) in [6, 6.07) is 2.66. The molecule has 20 heavy (non-hydrogen) atoms. The van der Waals surface area contributed by atoms with Crippen molar-refractivity contribution >= 4 is 11.7 Å². The molecule has 1 aliphatic rings. The molecule has 1 aromatic rings. The van der Waals surface area contributed by atoms with E-state index in [4.69, 9.17) is 5.11 Å². The number of aromatic carboxylic acids is 1. The first-order valence-corrected chi connectivity index (χ1v) is 6.96. The average molecular weight is 283 g/mol. The zero-order chi connectivity index (χ0) is 14.7. The highest BCUT2D eigenvalue weighted by Crippen LogP contribution is 2.29. The van der Waals surface area contributed by atoms with Crippen LogP contribution in [0.25, 0.3) is 0 Å². The smallest absolute Gasteiger partial charge is 0.338 e. The maximum absolute atomic E-state index is 14.0. The van der Waals surface area contributed by atoms with E-state index >= 15 is 0 Å². The minimum absolute atomic E-state index is 0.138. The van der Waals surface area contributed by atoms with Crippen LogP contribution in [0, 0.1) is 11.6 Å². The summed E-state index contributed by atoms with van der Waals surface area (Å²) in [4.78, 5) is 12.5. The van der Waals surface area contributed by atoms with Gasteiger partial charge >= 0.3 is 5.97 Å². The number of hydrogen-bond donors (Lipinski definition) is 1. The van der Waals surface area contributed by atoms with E-state index in [1.54, 1.807) is 11.9 Å². The Labute approximate surface area is 117 Å². The van der Waals surface area contributed by atoms with Gasteiger partial charge in [0.05, 0.1) is 11.3 Å². The Kier molecular flexibility index (Phi) is 4.57. The van der Waals surface area contributed by atoms with Crippen LogP contribution in [0.15, 0.2) is 12.1 Å². The lowest BCUT2D eigenvalue weighted by Crippen LogP contribution is -2.32. The van der Waals surface area contributed by atoms with E-state index in [0.717, 1.165) is 31.7 Å². The maximum atomic E-state index is 14.0. The minimum atomic E-state index is -1.45. The number of rotatable bonds is 3. The van der Waals surface area contributed by atoms with Crippen molar-refractivity contribution < 1.29 is 18.7 Å². The molecule has 1 aliphatic carbocycles. The summed E-state index contributed by atoms with van der Waals surface area (Å²) in [5, 5.41) is 8.79. The molecular weight excluding hydrogens is 264 g/mol. The van der Waals surface area contributed by atoms with Gasteiger partial charge in [0.15, 0.2) is 11.6 Å². The fourth-order valence-electron chi connectivity index (χ4n) is 2.82. The molecule has 0 atom stereocenters. The summed E-state index contributed by atoms with van der Waals surface area (Å²) in [5.41, 5.74) is -0.486. The molecule has 5 heteroatoms. The number of anilines is 1. The van der Waals surface area contributed by atoms with Gasteiger partial charge in [0.2, 0.25) is 0 Å². The quantitative estimate of drug-likeness (QED) is 0.857. The second-order valence-corrected chi connectivity index (χ2v) is 5.32. The average Bonchev–Trinajstić information content (AvgIpc) is 2.69. The van der Waals surface area contributed by atoms with Gasteiger partial charge in [-0.2, -0.15) is 0 Å². The van der Waals surface area contributed by atoms with Crippen molar-refractivity contribution in [3.05, 3.63) is 29.3 Å². The molecule has 1 N–H and O–H groups in total. The van der Waals surface area contributed by atoms with E-state index in [1.165, 1.54) is 18.9 Å². The largest absolute Gasteiger partial charge is 0.478 e. The number of hydrogen-bond acceptors (Lipinski definition) is 2. The first kappa shape index (κ1) is 14.8. The Hall–Kier alpha value is -1.65. The molecule has 0 spiro atoms. The van der Waals surface area contributed by atoms with Crippen LogP contribution in [0.4, 0.5) is 14.5 Å². The molecule has 1 saturated carbocycles. The number of nitrogens with zero attached hydrogens (tertiary/aromatic N) is 1. The van der Waals surface area contributed by atoms with Gasteiger partial charge in [-0.1, -0.05) is 25.7 Å². The van der Waals surface area contributed by atoms with Gasteiger partial charge in [-0.05, 0) is 25.0 Å². The topological polar surface area (TPSA) is 40.5 Å². The van der Waals surface area contributed by atoms with Crippen molar-refractivity contribution in [3.8, 4) is 0 Å². The molecule has 0 amide bonds. The highest BCUT2D eigenvalue weighted by atomic mass is 19.2. The summed E-state index contributed by atoms with van der Waals surface area (Å²) >= 11 is 0. The summed E-state index contributed by atoms with van der Waals surface area (Å²) in [6.45, 7) is 0. The third kappa shape index (κ3) is 2.92. The molecule has 0 unspecified atom stereocenters. The number of benzene rings is 1. The van der Waals surface area contributed by atoms with Crippen molar-refractivity contribution in [2.45, 2.75) is 44.6 Å². The fraction of sp³-hybridized carbons (Fsp3) is 0.533. The lowest BCUT2D eigenvalue weighted by Gasteiger charge is -2.29. The van der Waals surface area contributed by atoms with E-state index in [9.17, 15) is 13.6 Å². The van der Waals surface area contributed by atoms with Crippen LogP contribution in [0.1, 0.15) is 48.9 Å². The summed E-state index contributed by atoms with van der Waals surface area (Å²) < 4.78 is 27.8.